The Labute approximate surface area is 70.3 Å². The average Bonchev–Trinajstić information content (AvgIpc) is 2.05. The third-order valence-corrected chi connectivity index (χ3v) is 1.36. The number of carbonyl (C=O) groups excluding carboxylic acids is 1. The van der Waals surface area contributed by atoms with Gasteiger partial charge < -0.3 is 15.8 Å². The summed E-state index contributed by atoms with van der Waals surface area (Å²) in [6.45, 7) is 0. The van der Waals surface area contributed by atoms with Gasteiger partial charge in [0.1, 0.15) is 5.75 Å². The first-order valence-corrected chi connectivity index (χ1v) is 3.47. The van der Waals surface area contributed by atoms with Crippen molar-refractivity contribution in [2.45, 2.75) is 0 Å². The molecule has 64 valence electrons. The van der Waals surface area contributed by atoms with Crippen molar-refractivity contribution in [3.8, 4) is 5.75 Å². The fourth-order valence-electron chi connectivity index (χ4n) is 0.806. The summed E-state index contributed by atoms with van der Waals surface area (Å²) in [5, 5.41) is 2.94. The summed E-state index contributed by atoms with van der Waals surface area (Å²) < 4.78 is 4.62. The highest BCUT2D eigenvalue weighted by molar-refractivity contribution is 5.68. The van der Waals surface area contributed by atoms with Crippen LogP contribution in [0.25, 0.3) is 0 Å². The molecule has 0 unspecified atom stereocenters. The second-order valence-electron chi connectivity index (χ2n) is 2.20. The molecule has 0 saturated carbocycles. The van der Waals surface area contributed by atoms with Gasteiger partial charge in [0.2, 0.25) is 0 Å². The molecule has 4 nitrogen and oxygen atoms in total. The molecule has 0 heterocycles. The highest BCUT2D eigenvalue weighted by Crippen LogP contribution is 2.14. The van der Waals surface area contributed by atoms with E-state index in [9.17, 15) is 4.79 Å². The van der Waals surface area contributed by atoms with Crippen LogP contribution in [0, 0.1) is 0 Å². The average molecular weight is 166 g/mol. The molecule has 1 rings (SSSR count). The Kier molecular flexibility index (Phi) is 2.53. The zero-order valence-corrected chi connectivity index (χ0v) is 6.70. The van der Waals surface area contributed by atoms with E-state index in [2.05, 4.69) is 10.1 Å². The number of rotatable bonds is 2. The van der Waals surface area contributed by atoms with Gasteiger partial charge in [-0.15, -0.1) is 0 Å². The first-order valence-electron chi connectivity index (χ1n) is 3.47. The Hall–Kier alpha value is -1.71. The van der Waals surface area contributed by atoms with Crippen LogP contribution in [-0.4, -0.2) is 13.1 Å². The molecule has 3 N–H and O–H groups in total. The van der Waals surface area contributed by atoms with Crippen molar-refractivity contribution in [2.24, 2.45) is 5.73 Å². The Morgan fingerprint density at radius 1 is 1.42 bits per heavy atom. The number of nitrogens with two attached hydrogens (primary N) is 1. The van der Waals surface area contributed by atoms with E-state index in [1.165, 1.54) is 0 Å². The van der Waals surface area contributed by atoms with Crippen molar-refractivity contribution >= 4 is 11.8 Å². The smallest absolute Gasteiger partial charge is 0.409 e. The van der Waals surface area contributed by atoms with Crippen LogP contribution >= 0.6 is 0 Å². The molecule has 0 aliphatic carbocycles. The molecule has 0 aliphatic rings. The maximum Gasteiger partial charge on any atom is 0.409 e. The zero-order chi connectivity index (χ0) is 8.97. The Morgan fingerprint density at radius 2 is 2.00 bits per heavy atom. The number of primary amides is 1. The predicted molar refractivity (Wildman–Crippen MR) is 46.2 cm³/mol. The molecule has 0 aromatic heterocycles. The highest BCUT2D eigenvalue weighted by Gasteiger charge is 1.96. The number of ether oxygens (including phenoxy) is 1. The molecule has 0 bridgehead atoms. The number of hydrogen-bond donors (Lipinski definition) is 2. The second kappa shape index (κ2) is 3.61. The molecule has 0 spiro atoms. The first-order chi connectivity index (χ1) is 5.72. The fraction of sp³-hybridized carbons (Fsp3) is 0.125. The third-order valence-electron chi connectivity index (χ3n) is 1.36. The van der Waals surface area contributed by atoms with Crippen LogP contribution in [-0.2, 0) is 0 Å². The van der Waals surface area contributed by atoms with Crippen LogP contribution in [0.3, 0.4) is 0 Å². The molecule has 1 aromatic rings. The van der Waals surface area contributed by atoms with Gasteiger partial charge in [-0.3, -0.25) is 0 Å². The summed E-state index contributed by atoms with van der Waals surface area (Å²) in [5.41, 5.74) is 5.77. The van der Waals surface area contributed by atoms with Gasteiger partial charge in [-0.1, -0.05) is 0 Å². The van der Waals surface area contributed by atoms with Crippen LogP contribution in [0.1, 0.15) is 0 Å². The monoisotopic (exact) mass is 166 g/mol. The fourth-order valence-corrected chi connectivity index (χ4v) is 0.806. The van der Waals surface area contributed by atoms with Crippen molar-refractivity contribution in [1.29, 1.82) is 0 Å². The quantitative estimate of drug-likeness (QED) is 0.693. The molecular weight excluding hydrogens is 156 g/mol. The topological polar surface area (TPSA) is 64.3 Å². The van der Waals surface area contributed by atoms with E-state index in [0.717, 1.165) is 5.69 Å². The van der Waals surface area contributed by atoms with Gasteiger partial charge in [0.25, 0.3) is 0 Å². The summed E-state index contributed by atoms with van der Waals surface area (Å²) in [4.78, 5) is 10.3. The lowest BCUT2D eigenvalue weighted by molar-refractivity contribution is 0.211. The van der Waals surface area contributed by atoms with Gasteiger partial charge in [0.05, 0.1) is 0 Å². The maximum atomic E-state index is 10.3. The molecule has 0 radical (unpaired) electrons. The standard InChI is InChI=1S/C8H10N2O2/c1-10-6-2-4-7(5-3-6)12-8(9)11/h2-5,10H,1H3,(H2,9,11). The molecule has 0 atom stereocenters. The minimum absolute atomic E-state index is 0.446. The van der Waals surface area contributed by atoms with Crippen molar-refractivity contribution in [3.05, 3.63) is 24.3 Å². The van der Waals surface area contributed by atoms with Gasteiger partial charge in [-0.2, -0.15) is 0 Å². The number of amides is 1. The lowest BCUT2D eigenvalue weighted by atomic mass is 10.3. The minimum Gasteiger partial charge on any atom is -0.411 e. The Balaban J connectivity index is 2.71. The van der Waals surface area contributed by atoms with Gasteiger partial charge in [0, 0.05) is 12.7 Å². The first kappa shape index (κ1) is 8.39. The number of hydrogen-bond acceptors (Lipinski definition) is 3. The highest BCUT2D eigenvalue weighted by atomic mass is 16.5. The lowest BCUT2D eigenvalue weighted by Crippen LogP contribution is -2.16. The molecular formula is C8H10N2O2. The van der Waals surface area contributed by atoms with Crippen LogP contribution in [0.4, 0.5) is 10.5 Å². The summed E-state index contributed by atoms with van der Waals surface area (Å²) in [7, 11) is 1.81. The van der Waals surface area contributed by atoms with E-state index in [0.29, 0.717) is 5.75 Å². The van der Waals surface area contributed by atoms with E-state index >= 15 is 0 Å². The summed E-state index contributed by atoms with van der Waals surface area (Å²) in [6.07, 6.45) is -0.799. The number of anilines is 1. The molecule has 0 aliphatic heterocycles. The largest absolute Gasteiger partial charge is 0.411 e. The Bertz CT molecular complexity index is 269. The number of nitrogens with one attached hydrogen (secondary N) is 1. The zero-order valence-electron chi connectivity index (χ0n) is 6.70. The van der Waals surface area contributed by atoms with Gasteiger partial charge in [-0.25, -0.2) is 4.79 Å². The SMILES string of the molecule is CNc1ccc(OC(N)=O)cc1. The van der Waals surface area contributed by atoms with Gasteiger partial charge in [-0.05, 0) is 24.3 Å². The minimum atomic E-state index is -0.799. The number of benzene rings is 1. The van der Waals surface area contributed by atoms with Crippen molar-refractivity contribution in [1.82, 2.24) is 0 Å². The molecule has 4 heteroatoms. The summed E-state index contributed by atoms with van der Waals surface area (Å²) in [5.74, 6) is 0.446. The lowest BCUT2D eigenvalue weighted by Gasteiger charge is -2.01. The van der Waals surface area contributed by atoms with Crippen LogP contribution in [0.15, 0.2) is 24.3 Å². The van der Waals surface area contributed by atoms with Gasteiger partial charge >= 0.3 is 6.09 Å². The normalized spacial score (nSPS) is 9.08. The van der Waals surface area contributed by atoms with Crippen molar-refractivity contribution < 1.29 is 9.53 Å². The predicted octanol–water partition coefficient (Wildman–Crippen LogP) is 1.19. The van der Waals surface area contributed by atoms with E-state index in [-0.39, 0.29) is 0 Å². The van der Waals surface area contributed by atoms with E-state index in [1.54, 1.807) is 24.3 Å². The van der Waals surface area contributed by atoms with Crippen LogP contribution in [0.2, 0.25) is 0 Å². The Morgan fingerprint density at radius 3 is 2.42 bits per heavy atom. The molecule has 1 amide bonds. The molecule has 0 saturated heterocycles. The summed E-state index contributed by atoms with van der Waals surface area (Å²) >= 11 is 0. The molecule has 1 aromatic carbocycles. The third kappa shape index (κ3) is 2.16. The number of carbonyl (C=O) groups is 1. The van der Waals surface area contributed by atoms with E-state index in [1.807, 2.05) is 7.05 Å². The van der Waals surface area contributed by atoms with Gasteiger partial charge in [0.15, 0.2) is 0 Å². The maximum absolute atomic E-state index is 10.3. The van der Waals surface area contributed by atoms with E-state index in [4.69, 9.17) is 5.73 Å². The van der Waals surface area contributed by atoms with Crippen LogP contribution in [0.5, 0.6) is 5.75 Å². The second-order valence-corrected chi connectivity index (χ2v) is 2.20. The van der Waals surface area contributed by atoms with Crippen molar-refractivity contribution in [2.75, 3.05) is 12.4 Å². The van der Waals surface area contributed by atoms with E-state index < -0.39 is 6.09 Å². The van der Waals surface area contributed by atoms with Crippen LogP contribution < -0.4 is 15.8 Å². The molecule has 12 heavy (non-hydrogen) atoms. The molecule has 0 fully saturated rings. The van der Waals surface area contributed by atoms with Crippen molar-refractivity contribution in [3.63, 3.8) is 0 Å². The summed E-state index contributed by atoms with van der Waals surface area (Å²) in [6, 6.07) is 6.91.